The van der Waals surface area contributed by atoms with Gasteiger partial charge in [0, 0.05) is 31.4 Å². The topological polar surface area (TPSA) is 178 Å². The Morgan fingerprint density at radius 3 is 1.64 bits per heavy atom. The maximum atomic E-state index is 12.1. The molecule has 1 aliphatic heterocycles. The van der Waals surface area contributed by atoms with Crippen molar-refractivity contribution in [1.82, 2.24) is 0 Å². The summed E-state index contributed by atoms with van der Waals surface area (Å²) in [6, 6.07) is 0. The van der Waals surface area contributed by atoms with Gasteiger partial charge in [0.15, 0.2) is 18.3 Å². The second-order valence-corrected chi connectivity index (χ2v) is 6.48. The van der Waals surface area contributed by atoms with Gasteiger partial charge in [0.1, 0.15) is 0 Å². The van der Waals surface area contributed by atoms with Crippen molar-refractivity contribution in [2.24, 2.45) is 0 Å². The van der Waals surface area contributed by atoms with Crippen molar-refractivity contribution in [2.75, 3.05) is 7.11 Å². The molecule has 13 heteroatoms. The summed E-state index contributed by atoms with van der Waals surface area (Å²) in [5.41, 5.74) is 0. The van der Waals surface area contributed by atoms with Crippen molar-refractivity contribution in [2.45, 2.75) is 70.7 Å². The SMILES string of the molecule is CCC(=O)O[C@@H]1[C@@H](OC(=O)CC)[C@@H](OC(=O)/C=C/C(=O)OC)O[C@H](C(=O)O)[C@H]1OC(=O)CC. The molecule has 1 rings (SSSR count). The van der Waals surface area contributed by atoms with Gasteiger partial charge in [-0.25, -0.2) is 14.4 Å². The lowest BCUT2D eigenvalue weighted by Gasteiger charge is -2.42. The highest BCUT2D eigenvalue weighted by Crippen LogP contribution is 2.30. The molecule has 0 saturated carbocycles. The molecule has 0 radical (unpaired) electrons. The van der Waals surface area contributed by atoms with E-state index in [1.165, 1.54) is 20.8 Å². The van der Waals surface area contributed by atoms with Crippen LogP contribution in [-0.4, -0.2) is 78.7 Å². The van der Waals surface area contributed by atoms with Crippen LogP contribution < -0.4 is 0 Å². The second kappa shape index (κ2) is 13.2. The number of esters is 5. The van der Waals surface area contributed by atoms with E-state index in [1.54, 1.807) is 0 Å². The number of rotatable bonds is 10. The lowest BCUT2D eigenvalue weighted by Crippen LogP contribution is -2.64. The van der Waals surface area contributed by atoms with Gasteiger partial charge >= 0.3 is 35.8 Å². The number of carbonyl (C=O) groups excluding carboxylic acids is 5. The minimum Gasteiger partial charge on any atom is -0.479 e. The summed E-state index contributed by atoms with van der Waals surface area (Å²) in [5, 5.41) is 9.60. The molecule has 0 aliphatic carbocycles. The third kappa shape index (κ3) is 8.18. The summed E-state index contributed by atoms with van der Waals surface area (Å²) in [7, 11) is 1.07. The molecular formula is C20H26O13. The predicted octanol–water partition coefficient (Wildman–Crippen LogP) is 0.0337. The van der Waals surface area contributed by atoms with E-state index < -0.39 is 66.5 Å². The maximum Gasteiger partial charge on any atom is 0.337 e. The zero-order valence-electron chi connectivity index (χ0n) is 18.5. The number of carboxylic acid groups (broad SMARTS) is 1. The Morgan fingerprint density at radius 1 is 0.727 bits per heavy atom. The first-order valence-electron chi connectivity index (χ1n) is 10.0. The summed E-state index contributed by atoms with van der Waals surface area (Å²) >= 11 is 0. The fourth-order valence-corrected chi connectivity index (χ4v) is 2.56. The summed E-state index contributed by atoms with van der Waals surface area (Å²) in [6.07, 6.45) is -7.97. The van der Waals surface area contributed by atoms with Crippen molar-refractivity contribution in [3.63, 3.8) is 0 Å². The van der Waals surface area contributed by atoms with Crippen molar-refractivity contribution in [3.8, 4) is 0 Å². The number of carbonyl (C=O) groups is 6. The van der Waals surface area contributed by atoms with Gasteiger partial charge < -0.3 is 33.5 Å². The Kier molecular flexibility index (Phi) is 11.0. The van der Waals surface area contributed by atoms with Crippen LogP contribution in [0.1, 0.15) is 40.0 Å². The molecule has 0 unspecified atom stereocenters. The largest absolute Gasteiger partial charge is 0.479 e. The van der Waals surface area contributed by atoms with Crippen LogP contribution in [0, 0.1) is 0 Å². The van der Waals surface area contributed by atoms with Crippen molar-refractivity contribution in [1.29, 1.82) is 0 Å². The molecular weight excluding hydrogens is 448 g/mol. The lowest BCUT2D eigenvalue weighted by atomic mass is 9.97. The summed E-state index contributed by atoms with van der Waals surface area (Å²) < 4.78 is 30.2. The van der Waals surface area contributed by atoms with Gasteiger partial charge in [0.25, 0.3) is 0 Å². The maximum absolute atomic E-state index is 12.1. The van der Waals surface area contributed by atoms with E-state index in [1.807, 2.05) is 0 Å². The van der Waals surface area contributed by atoms with E-state index in [9.17, 15) is 33.9 Å². The molecule has 5 atom stereocenters. The number of hydrogen-bond donors (Lipinski definition) is 1. The van der Waals surface area contributed by atoms with E-state index in [0.717, 1.165) is 13.2 Å². The van der Waals surface area contributed by atoms with Crippen LogP contribution in [-0.2, 0) is 57.2 Å². The molecule has 0 bridgehead atoms. The fourth-order valence-electron chi connectivity index (χ4n) is 2.56. The van der Waals surface area contributed by atoms with Crippen LogP contribution in [0.15, 0.2) is 12.2 Å². The Morgan fingerprint density at radius 2 is 1.18 bits per heavy atom. The summed E-state index contributed by atoms with van der Waals surface area (Å²) in [6.45, 7) is 4.35. The number of methoxy groups -OCH3 is 1. The molecule has 33 heavy (non-hydrogen) atoms. The van der Waals surface area contributed by atoms with Gasteiger partial charge in [-0.05, 0) is 0 Å². The Bertz CT molecular complexity index is 787. The van der Waals surface area contributed by atoms with Crippen LogP contribution >= 0.6 is 0 Å². The first kappa shape index (κ1) is 27.6. The quantitative estimate of drug-likeness (QED) is 0.255. The molecule has 13 nitrogen and oxygen atoms in total. The van der Waals surface area contributed by atoms with Gasteiger partial charge in [-0.15, -0.1) is 0 Å². The highest BCUT2D eigenvalue weighted by molar-refractivity contribution is 5.91. The third-order valence-electron chi connectivity index (χ3n) is 4.20. The van der Waals surface area contributed by atoms with Crippen molar-refractivity contribution >= 4 is 35.8 Å². The van der Waals surface area contributed by atoms with Crippen LogP contribution in [0.2, 0.25) is 0 Å². The van der Waals surface area contributed by atoms with Crippen LogP contribution in [0.4, 0.5) is 0 Å². The van der Waals surface area contributed by atoms with E-state index >= 15 is 0 Å². The Balaban J connectivity index is 3.41. The summed E-state index contributed by atoms with van der Waals surface area (Å²) in [4.78, 5) is 71.1. The summed E-state index contributed by atoms with van der Waals surface area (Å²) in [5.74, 6) is -6.21. The predicted molar refractivity (Wildman–Crippen MR) is 104 cm³/mol. The zero-order valence-corrected chi connectivity index (χ0v) is 18.5. The smallest absolute Gasteiger partial charge is 0.337 e. The zero-order chi connectivity index (χ0) is 25.1. The van der Waals surface area contributed by atoms with Gasteiger partial charge in [-0.2, -0.15) is 0 Å². The molecule has 0 aromatic carbocycles. The normalized spacial score (nSPS) is 24.4. The molecule has 1 saturated heterocycles. The third-order valence-corrected chi connectivity index (χ3v) is 4.20. The molecule has 184 valence electrons. The van der Waals surface area contributed by atoms with E-state index in [2.05, 4.69) is 4.74 Å². The molecule has 0 amide bonds. The fraction of sp³-hybridized carbons (Fsp3) is 0.600. The average Bonchev–Trinajstić information content (AvgIpc) is 2.79. The minimum atomic E-state index is -1.95. The Hall–Kier alpha value is -3.48. The van der Waals surface area contributed by atoms with Crippen LogP contribution in [0.3, 0.4) is 0 Å². The Labute approximate surface area is 188 Å². The van der Waals surface area contributed by atoms with E-state index in [4.69, 9.17) is 23.7 Å². The highest BCUT2D eigenvalue weighted by atomic mass is 16.7. The second-order valence-electron chi connectivity index (χ2n) is 6.48. The molecule has 0 aromatic heterocycles. The molecule has 0 aromatic rings. The van der Waals surface area contributed by atoms with Crippen LogP contribution in [0.5, 0.6) is 0 Å². The van der Waals surface area contributed by atoms with E-state index in [-0.39, 0.29) is 19.3 Å². The number of carboxylic acids is 1. The highest BCUT2D eigenvalue weighted by Gasteiger charge is 2.56. The van der Waals surface area contributed by atoms with Crippen LogP contribution in [0.25, 0.3) is 0 Å². The number of ether oxygens (including phenoxy) is 6. The number of aliphatic carboxylic acids is 1. The van der Waals surface area contributed by atoms with E-state index in [0.29, 0.717) is 6.08 Å². The van der Waals surface area contributed by atoms with Gasteiger partial charge in [0.05, 0.1) is 7.11 Å². The van der Waals surface area contributed by atoms with Gasteiger partial charge in [-0.1, -0.05) is 20.8 Å². The van der Waals surface area contributed by atoms with Crippen molar-refractivity contribution < 1.29 is 62.3 Å². The first-order chi connectivity index (χ1) is 15.6. The molecule has 1 heterocycles. The lowest BCUT2D eigenvalue weighted by molar-refractivity contribution is -0.293. The van der Waals surface area contributed by atoms with Crippen molar-refractivity contribution in [3.05, 3.63) is 12.2 Å². The standard InChI is InChI=1S/C20H26O13/c1-5-10(21)29-15-16(30-11(22)6-2)18(31-12(23)7-3)20(33-17(15)19(26)27)32-14(25)9-8-13(24)28-4/h8-9,15-18,20H,5-7H2,1-4H3,(H,26,27)/b9-8+/t15-,16-,17-,18+,20-/m0/s1. The molecule has 1 fully saturated rings. The minimum absolute atomic E-state index is 0.143. The van der Waals surface area contributed by atoms with Gasteiger partial charge in [-0.3, -0.25) is 14.4 Å². The van der Waals surface area contributed by atoms with Gasteiger partial charge in [0.2, 0.25) is 12.4 Å². The molecule has 1 N–H and O–H groups in total. The average molecular weight is 474 g/mol. The first-order valence-corrected chi connectivity index (χ1v) is 10.0. The molecule has 0 spiro atoms. The monoisotopic (exact) mass is 474 g/mol. The number of hydrogen-bond acceptors (Lipinski definition) is 12. The molecule has 1 aliphatic rings.